The maximum Gasteiger partial charge on any atom is 0.250 e. The second kappa shape index (κ2) is 6.98. The molecule has 0 radical (unpaired) electrons. The lowest BCUT2D eigenvalue weighted by atomic mass is 10.1. The van der Waals surface area contributed by atoms with E-state index in [0.717, 1.165) is 32.0 Å². The molecule has 1 aliphatic rings. The molecule has 1 fully saturated rings. The second-order valence-electron chi connectivity index (χ2n) is 4.61. The molecule has 2 N–H and O–H groups in total. The number of nitrogens with zero attached hydrogens (tertiary/aromatic N) is 1. The highest BCUT2D eigenvalue weighted by Crippen LogP contribution is 2.14. The van der Waals surface area contributed by atoms with Crippen LogP contribution in [0.3, 0.4) is 0 Å². The van der Waals surface area contributed by atoms with Crippen LogP contribution in [-0.2, 0) is 9.53 Å². The van der Waals surface area contributed by atoms with Crippen LogP contribution in [0.4, 0.5) is 10.1 Å². The van der Waals surface area contributed by atoms with Crippen LogP contribution in [0.25, 0.3) is 0 Å². The highest BCUT2D eigenvalue weighted by Gasteiger charge is 2.15. The first kappa shape index (κ1) is 14.4. The van der Waals surface area contributed by atoms with Gasteiger partial charge < -0.3 is 15.4 Å². The van der Waals surface area contributed by atoms with Crippen molar-refractivity contribution in [3.05, 3.63) is 29.6 Å². The van der Waals surface area contributed by atoms with Gasteiger partial charge in [0.1, 0.15) is 18.5 Å². The molecule has 1 saturated heterocycles. The van der Waals surface area contributed by atoms with Gasteiger partial charge in [-0.25, -0.2) is 4.39 Å². The minimum Gasteiger partial charge on any atom is -0.368 e. The van der Waals surface area contributed by atoms with Crippen molar-refractivity contribution in [2.45, 2.75) is 18.9 Å². The number of hydrogen-bond donors (Lipinski definition) is 2. The Bertz CT molecular complexity index is 522. The number of benzene rings is 1. The zero-order valence-electron chi connectivity index (χ0n) is 11.0. The average Bonchev–Trinajstić information content (AvgIpc) is 2.48. The van der Waals surface area contributed by atoms with Crippen molar-refractivity contribution < 1.29 is 13.9 Å². The van der Waals surface area contributed by atoms with E-state index in [2.05, 4.69) is 10.6 Å². The van der Waals surface area contributed by atoms with Crippen molar-refractivity contribution in [3.8, 4) is 6.07 Å². The molecule has 0 bridgehead atoms. The Labute approximate surface area is 116 Å². The normalized spacial score (nSPS) is 15.6. The Hall–Kier alpha value is -1.97. The minimum absolute atomic E-state index is 0.0378. The van der Waals surface area contributed by atoms with Gasteiger partial charge in [0.15, 0.2) is 0 Å². The third-order valence-electron chi connectivity index (χ3n) is 3.11. The van der Waals surface area contributed by atoms with Gasteiger partial charge in [0.05, 0.1) is 11.7 Å². The summed E-state index contributed by atoms with van der Waals surface area (Å²) in [5.41, 5.74) is 0.295. The Morgan fingerprint density at radius 1 is 1.50 bits per heavy atom. The van der Waals surface area contributed by atoms with Gasteiger partial charge in [0, 0.05) is 5.69 Å². The Morgan fingerprint density at radius 3 is 2.95 bits per heavy atom. The maximum absolute atomic E-state index is 13.1. The SMILES string of the molecule is N#Cc1cc(NC(=O)COC2CCNCC2)ccc1F. The third-order valence-corrected chi connectivity index (χ3v) is 3.11. The molecule has 0 unspecified atom stereocenters. The highest BCUT2D eigenvalue weighted by molar-refractivity contribution is 5.91. The predicted molar refractivity (Wildman–Crippen MR) is 71.6 cm³/mol. The van der Waals surface area contributed by atoms with E-state index in [-0.39, 0.29) is 24.2 Å². The fraction of sp³-hybridized carbons (Fsp3) is 0.429. The molecule has 1 amide bonds. The molecule has 2 rings (SSSR count). The Balaban J connectivity index is 1.83. The van der Waals surface area contributed by atoms with Crippen LogP contribution in [-0.4, -0.2) is 31.7 Å². The lowest BCUT2D eigenvalue weighted by Gasteiger charge is -2.22. The number of rotatable bonds is 4. The van der Waals surface area contributed by atoms with Crippen LogP contribution in [0.2, 0.25) is 0 Å². The molecule has 106 valence electrons. The van der Waals surface area contributed by atoms with Crippen molar-refractivity contribution in [1.82, 2.24) is 5.32 Å². The number of carbonyl (C=O) groups is 1. The van der Waals surface area contributed by atoms with E-state index in [1.165, 1.54) is 12.1 Å². The molecule has 0 atom stereocenters. The van der Waals surface area contributed by atoms with Gasteiger partial charge in [-0.05, 0) is 44.1 Å². The molecule has 5 nitrogen and oxygen atoms in total. The maximum atomic E-state index is 13.1. The summed E-state index contributed by atoms with van der Waals surface area (Å²) in [5, 5.41) is 14.5. The zero-order chi connectivity index (χ0) is 14.4. The van der Waals surface area contributed by atoms with Crippen molar-refractivity contribution in [2.24, 2.45) is 0 Å². The van der Waals surface area contributed by atoms with E-state index in [9.17, 15) is 9.18 Å². The summed E-state index contributed by atoms with van der Waals surface area (Å²) < 4.78 is 18.6. The number of nitriles is 1. The van der Waals surface area contributed by atoms with Crippen molar-refractivity contribution in [1.29, 1.82) is 5.26 Å². The Kier molecular flexibility index (Phi) is 5.04. The fourth-order valence-corrected chi connectivity index (χ4v) is 2.04. The quantitative estimate of drug-likeness (QED) is 0.872. The molecular weight excluding hydrogens is 261 g/mol. The lowest BCUT2D eigenvalue weighted by Crippen LogP contribution is -2.34. The topological polar surface area (TPSA) is 74.2 Å². The predicted octanol–water partition coefficient (Wildman–Crippen LogP) is 1.40. The summed E-state index contributed by atoms with van der Waals surface area (Å²) in [7, 11) is 0. The summed E-state index contributed by atoms with van der Waals surface area (Å²) >= 11 is 0. The summed E-state index contributed by atoms with van der Waals surface area (Å²) in [6.07, 6.45) is 1.88. The summed E-state index contributed by atoms with van der Waals surface area (Å²) in [5.74, 6) is -0.907. The van der Waals surface area contributed by atoms with Gasteiger partial charge in [-0.15, -0.1) is 0 Å². The first-order valence-electron chi connectivity index (χ1n) is 6.51. The number of halogens is 1. The van der Waals surface area contributed by atoms with Crippen LogP contribution in [0.5, 0.6) is 0 Å². The molecular formula is C14H16FN3O2. The molecule has 0 aliphatic carbocycles. The van der Waals surface area contributed by atoms with Gasteiger partial charge >= 0.3 is 0 Å². The molecule has 6 heteroatoms. The molecule has 1 aromatic carbocycles. The smallest absolute Gasteiger partial charge is 0.250 e. The van der Waals surface area contributed by atoms with Crippen molar-refractivity contribution in [3.63, 3.8) is 0 Å². The molecule has 0 aromatic heterocycles. The van der Waals surface area contributed by atoms with Crippen LogP contribution < -0.4 is 10.6 Å². The van der Waals surface area contributed by atoms with E-state index in [1.807, 2.05) is 0 Å². The molecule has 1 aromatic rings. The van der Waals surface area contributed by atoms with Gasteiger partial charge in [0.25, 0.3) is 0 Å². The Morgan fingerprint density at radius 2 is 2.25 bits per heavy atom. The van der Waals surface area contributed by atoms with Crippen LogP contribution in [0.15, 0.2) is 18.2 Å². The summed E-state index contributed by atoms with van der Waals surface area (Å²) in [4.78, 5) is 11.7. The molecule has 1 heterocycles. The number of nitrogens with one attached hydrogen (secondary N) is 2. The fourth-order valence-electron chi connectivity index (χ4n) is 2.04. The van der Waals surface area contributed by atoms with E-state index in [4.69, 9.17) is 10.00 Å². The number of hydrogen-bond acceptors (Lipinski definition) is 4. The number of piperidine rings is 1. The number of ether oxygens (including phenoxy) is 1. The van der Waals surface area contributed by atoms with E-state index < -0.39 is 5.82 Å². The van der Waals surface area contributed by atoms with Crippen LogP contribution in [0.1, 0.15) is 18.4 Å². The second-order valence-corrected chi connectivity index (χ2v) is 4.61. The first-order chi connectivity index (χ1) is 9.69. The monoisotopic (exact) mass is 277 g/mol. The summed E-state index contributed by atoms with van der Waals surface area (Å²) in [6, 6.07) is 5.60. The molecule has 0 spiro atoms. The van der Waals surface area contributed by atoms with Gasteiger partial charge in [-0.1, -0.05) is 0 Å². The third kappa shape index (κ3) is 4.02. The zero-order valence-corrected chi connectivity index (χ0v) is 11.0. The highest BCUT2D eigenvalue weighted by atomic mass is 19.1. The first-order valence-corrected chi connectivity index (χ1v) is 6.51. The lowest BCUT2D eigenvalue weighted by molar-refractivity contribution is -0.123. The van der Waals surface area contributed by atoms with Crippen LogP contribution >= 0.6 is 0 Å². The minimum atomic E-state index is -0.601. The average molecular weight is 277 g/mol. The molecule has 1 aliphatic heterocycles. The molecule has 20 heavy (non-hydrogen) atoms. The molecule has 0 saturated carbocycles. The van der Waals surface area contributed by atoms with Gasteiger partial charge in [-0.3, -0.25) is 4.79 Å². The van der Waals surface area contributed by atoms with E-state index in [0.29, 0.717) is 5.69 Å². The number of carbonyl (C=O) groups excluding carboxylic acids is 1. The van der Waals surface area contributed by atoms with Crippen LogP contribution in [0, 0.1) is 17.1 Å². The standard InChI is InChI=1S/C14H16FN3O2/c15-13-2-1-11(7-10(13)8-16)18-14(19)9-20-12-3-5-17-6-4-12/h1-2,7,12,17H,3-6,9H2,(H,18,19). The number of anilines is 1. The largest absolute Gasteiger partial charge is 0.368 e. The van der Waals surface area contributed by atoms with Crippen molar-refractivity contribution in [2.75, 3.05) is 25.0 Å². The number of amides is 1. The summed E-state index contributed by atoms with van der Waals surface area (Å²) in [6.45, 7) is 1.76. The van der Waals surface area contributed by atoms with E-state index in [1.54, 1.807) is 6.07 Å². The van der Waals surface area contributed by atoms with E-state index >= 15 is 0 Å². The van der Waals surface area contributed by atoms with Gasteiger partial charge in [0.2, 0.25) is 5.91 Å². The van der Waals surface area contributed by atoms with Crippen molar-refractivity contribution >= 4 is 11.6 Å². The van der Waals surface area contributed by atoms with Gasteiger partial charge in [-0.2, -0.15) is 5.26 Å².